The standard InChI is InChI=1S/C9H12N3/c1-2-4-11-9(3-1)12-7-5-10-6-8-12/h1-3,10H,5-8H2. The minimum atomic E-state index is 1.04. The number of nitrogens with zero attached hydrogens (tertiary/aromatic N) is 2. The van der Waals surface area contributed by atoms with Crippen LogP contribution >= 0.6 is 0 Å². The summed E-state index contributed by atoms with van der Waals surface area (Å²) in [5.74, 6) is 1.04. The van der Waals surface area contributed by atoms with E-state index in [-0.39, 0.29) is 0 Å². The van der Waals surface area contributed by atoms with Crippen molar-refractivity contribution in [2.24, 2.45) is 0 Å². The minimum absolute atomic E-state index is 1.04. The van der Waals surface area contributed by atoms with Crippen molar-refractivity contribution in [1.29, 1.82) is 0 Å². The second-order valence-corrected chi connectivity index (χ2v) is 2.86. The Morgan fingerprint density at radius 2 is 2.25 bits per heavy atom. The predicted octanol–water partition coefficient (Wildman–Crippen LogP) is 0.291. The Bertz CT molecular complexity index is 229. The SMILES string of the molecule is [c]1cccc(N2CCNCC2)n1. The Kier molecular flexibility index (Phi) is 2.23. The van der Waals surface area contributed by atoms with Crippen molar-refractivity contribution in [3.05, 3.63) is 24.4 Å². The van der Waals surface area contributed by atoms with Crippen LogP contribution in [-0.4, -0.2) is 31.2 Å². The second kappa shape index (κ2) is 3.54. The molecule has 1 fully saturated rings. The van der Waals surface area contributed by atoms with Crippen LogP contribution in [0.5, 0.6) is 0 Å². The highest BCUT2D eigenvalue weighted by atomic mass is 15.2. The van der Waals surface area contributed by atoms with Gasteiger partial charge in [0.05, 0.1) is 6.20 Å². The number of hydrogen-bond donors (Lipinski definition) is 1. The molecular weight excluding hydrogens is 150 g/mol. The second-order valence-electron chi connectivity index (χ2n) is 2.86. The van der Waals surface area contributed by atoms with E-state index in [9.17, 15) is 0 Å². The van der Waals surface area contributed by atoms with E-state index in [4.69, 9.17) is 0 Å². The van der Waals surface area contributed by atoms with E-state index in [1.807, 2.05) is 18.2 Å². The van der Waals surface area contributed by atoms with Crippen molar-refractivity contribution < 1.29 is 0 Å². The van der Waals surface area contributed by atoms with Crippen LogP contribution < -0.4 is 10.2 Å². The number of nitrogens with one attached hydrogen (secondary N) is 1. The van der Waals surface area contributed by atoms with Gasteiger partial charge in [0.25, 0.3) is 0 Å². The smallest absolute Gasteiger partial charge is 0.129 e. The van der Waals surface area contributed by atoms with Gasteiger partial charge in [-0.15, -0.1) is 0 Å². The van der Waals surface area contributed by atoms with Crippen LogP contribution in [0.4, 0.5) is 5.82 Å². The molecule has 0 amide bonds. The maximum absolute atomic E-state index is 4.18. The molecule has 2 heterocycles. The number of piperazine rings is 1. The average Bonchev–Trinajstić information content (AvgIpc) is 2.21. The summed E-state index contributed by atoms with van der Waals surface area (Å²) < 4.78 is 0. The third kappa shape index (κ3) is 1.56. The van der Waals surface area contributed by atoms with Crippen molar-refractivity contribution in [2.75, 3.05) is 31.1 Å². The molecule has 0 spiro atoms. The van der Waals surface area contributed by atoms with Crippen molar-refractivity contribution in [3.63, 3.8) is 0 Å². The highest BCUT2D eigenvalue weighted by Crippen LogP contribution is 2.08. The molecular formula is C9H12N3. The van der Waals surface area contributed by atoms with Gasteiger partial charge in [-0.05, 0) is 12.1 Å². The summed E-state index contributed by atoms with van der Waals surface area (Å²) in [6.45, 7) is 4.20. The molecule has 3 heteroatoms. The number of anilines is 1. The summed E-state index contributed by atoms with van der Waals surface area (Å²) in [7, 11) is 0. The highest BCUT2D eigenvalue weighted by Gasteiger charge is 2.09. The molecule has 1 aromatic heterocycles. The van der Waals surface area contributed by atoms with E-state index in [0.29, 0.717) is 0 Å². The van der Waals surface area contributed by atoms with Gasteiger partial charge < -0.3 is 10.2 Å². The van der Waals surface area contributed by atoms with Crippen LogP contribution in [-0.2, 0) is 0 Å². The van der Waals surface area contributed by atoms with Gasteiger partial charge in [-0.25, -0.2) is 4.98 Å². The molecule has 0 aromatic carbocycles. The largest absolute Gasteiger partial charge is 0.354 e. The molecule has 12 heavy (non-hydrogen) atoms. The Morgan fingerprint density at radius 1 is 1.42 bits per heavy atom. The molecule has 2 rings (SSSR count). The van der Waals surface area contributed by atoms with Gasteiger partial charge in [-0.2, -0.15) is 0 Å². The molecule has 0 atom stereocenters. The summed E-state index contributed by atoms with van der Waals surface area (Å²) in [6.07, 6.45) is 2.85. The monoisotopic (exact) mass is 162 g/mol. The van der Waals surface area contributed by atoms with E-state index in [1.165, 1.54) is 0 Å². The zero-order chi connectivity index (χ0) is 8.23. The number of rotatable bonds is 1. The molecule has 0 aliphatic carbocycles. The van der Waals surface area contributed by atoms with Crippen LogP contribution in [0, 0.1) is 6.20 Å². The zero-order valence-corrected chi connectivity index (χ0v) is 6.95. The minimum Gasteiger partial charge on any atom is -0.354 e. The van der Waals surface area contributed by atoms with Crippen molar-refractivity contribution in [1.82, 2.24) is 10.3 Å². The van der Waals surface area contributed by atoms with Gasteiger partial charge in [0.1, 0.15) is 5.82 Å². The normalized spacial score (nSPS) is 17.8. The number of aromatic nitrogens is 1. The lowest BCUT2D eigenvalue weighted by Crippen LogP contribution is -2.43. The molecule has 0 unspecified atom stereocenters. The van der Waals surface area contributed by atoms with E-state index in [2.05, 4.69) is 21.4 Å². The molecule has 1 aromatic rings. The lowest BCUT2D eigenvalue weighted by atomic mass is 10.3. The number of hydrogen-bond acceptors (Lipinski definition) is 3. The van der Waals surface area contributed by atoms with Gasteiger partial charge >= 0.3 is 0 Å². The van der Waals surface area contributed by atoms with Crippen LogP contribution in [0.3, 0.4) is 0 Å². The predicted molar refractivity (Wildman–Crippen MR) is 48.2 cm³/mol. The van der Waals surface area contributed by atoms with Crippen LogP contribution in [0.25, 0.3) is 0 Å². The van der Waals surface area contributed by atoms with Gasteiger partial charge in [0.2, 0.25) is 0 Å². The molecule has 0 bridgehead atoms. The van der Waals surface area contributed by atoms with E-state index >= 15 is 0 Å². The molecule has 1 radical (unpaired) electrons. The fourth-order valence-corrected chi connectivity index (χ4v) is 1.39. The first-order valence-electron chi connectivity index (χ1n) is 4.25. The Hall–Kier alpha value is -1.09. The molecule has 0 saturated carbocycles. The molecule has 63 valence electrons. The summed E-state index contributed by atoms with van der Waals surface area (Å²) in [5.41, 5.74) is 0. The van der Waals surface area contributed by atoms with Crippen LogP contribution in [0.2, 0.25) is 0 Å². The first kappa shape index (κ1) is 7.55. The van der Waals surface area contributed by atoms with Crippen molar-refractivity contribution in [2.45, 2.75) is 0 Å². The van der Waals surface area contributed by atoms with Crippen molar-refractivity contribution >= 4 is 5.82 Å². The fourth-order valence-electron chi connectivity index (χ4n) is 1.39. The average molecular weight is 162 g/mol. The lowest BCUT2D eigenvalue weighted by Gasteiger charge is -2.28. The van der Waals surface area contributed by atoms with Gasteiger partial charge in [-0.1, -0.05) is 6.07 Å². The summed E-state index contributed by atoms with van der Waals surface area (Å²) >= 11 is 0. The van der Waals surface area contributed by atoms with E-state index < -0.39 is 0 Å². The third-order valence-corrected chi connectivity index (χ3v) is 2.04. The zero-order valence-electron chi connectivity index (χ0n) is 6.95. The summed E-state index contributed by atoms with van der Waals surface area (Å²) in [4.78, 5) is 6.45. The first-order valence-corrected chi connectivity index (χ1v) is 4.25. The van der Waals surface area contributed by atoms with Crippen LogP contribution in [0.15, 0.2) is 18.2 Å². The first-order chi connectivity index (χ1) is 5.97. The molecule has 1 saturated heterocycles. The van der Waals surface area contributed by atoms with Crippen LogP contribution in [0.1, 0.15) is 0 Å². The lowest BCUT2D eigenvalue weighted by molar-refractivity contribution is 0.585. The Morgan fingerprint density at radius 3 is 2.92 bits per heavy atom. The molecule has 1 aliphatic rings. The molecule has 1 N–H and O–H groups in total. The maximum atomic E-state index is 4.18. The summed E-state index contributed by atoms with van der Waals surface area (Å²) in [5, 5.41) is 3.30. The van der Waals surface area contributed by atoms with E-state index in [0.717, 1.165) is 32.0 Å². The third-order valence-electron chi connectivity index (χ3n) is 2.04. The van der Waals surface area contributed by atoms with Gasteiger partial charge in [0.15, 0.2) is 0 Å². The molecule has 3 nitrogen and oxygen atoms in total. The quantitative estimate of drug-likeness (QED) is 0.643. The van der Waals surface area contributed by atoms with Gasteiger partial charge in [-0.3, -0.25) is 0 Å². The number of pyridine rings is 1. The summed E-state index contributed by atoms with van der Waals surface area (Å²) in [6, 6.07) is 5.83. The topological polar surface area (TPSA) is 28.2 Å². The Balaban J connectivity index is 2.08. The highest BCUT2D eigenvalue weighted by molar-refractivity contribution is 5.37. The molecule has 1 aliphatic heterocycles. The fraction of sp³-hybridized carbons (Fsp3) is 0.444. The van der Waals surface area contributed by atoms with Gasteiger partial charge in [0, 0.05) is 26.2 Å². The van der Waals surface area contributed by atoms with E-state index in [1.54, 1.807) is 0 Å². The maximum Gasteiger partial charge on any atom is 0.129 e. The Labute approximate surface area is 72.4 Å². The van der Waals surface area contributed by atoms with Crippen molar-refractivity contribution in [3.8, 4) is 0 Å².